The van der Waals surface area contributed by atoms with Crippen LogP contribution in [0, 0.1) is 5.92 Å². The Morgan fingerprint density at radius 2 is 1.95 bits per heavy atom. The Labute approximate surface area is 139 Å². The second-order valence-corrected chi connectivity index (χ2v) is 9.94. The minimum Gasteiger partial charge on any atom is -0.288 e. The number of anilines is 1. The summed E-state index contributed by atoms with van der Waals surface area (Å²) >= 11 is 1.59. The van der Waals surface area contributed by atoms with Crippen molar-refractivity contribution in [1.29, 1.82) is 0 Å². The normalized spacial score (nSPS) is 23.2. The molecule has 1 aromatic heterocycles. The van der Waals surface area contributed by atoms with Crippen molar-refractivity contribution in [1.82, 2.24) is 4.98 Å². The second kappa shape index (κ2) is 6.45. The third-order valence-electron chi connectivity index (χ3n) is 4.21. The number of fused-ring (bicyclic) bond motifs is 1. The molecule has 1 fully saturated rings. The average Bonchev–Trinajstić information content (AvgIpc) is 2.91. The van der Waals surface area contributed by atoms with E-state index < -0.39 is 9.05 Å². The highest BCUT2D eigenvalue weighted by Gasteiger charge is 2.35. The highest BCUT2D eigenvalue weighted by atomic mass is 35.7. The zero-order chi connectivity index (χ0) is 15.7. The number of carbonyl (C=O) groups excluding carboxylic acids is 1. The zero-order valence-electron chi connectivity index (χ0n) is 12.3. The van der Waals surface area contributed by atoms with Gasteiger partial charge in [-0.1, -0.05) is 12.8 Å². The maximum Gasteiger partial charge on any atom is 0.232 e. The SMILES string of the molecule is O=C1CC(CS(=O)(=O)Cl)CN1c1nc2c(s1)CCCCCC2. The molecule has 0 N–H and O–H groups in total. The molecule has 0 saturated carbocycles. The van der Waals surface area contributed by atoms with Crippen LogP contribution in [0.4, 0.5) is 5.13 Å². The first-order chi connectivity index (χ1) is 10.4. The lowest BCUT2D eigenvalue weighted by atomic mass is 10.0. The molecular weight excluding hydrogens is 344 g/mol. The van der Waals surface area contributed by atoms with Crippen LogP contribution < -0.4 is 4.90 Å². The third-order valence-corrected chi connectivity index (χ3v) is 6.63. The first-order valence-corrected chi connectivity index (χ1v) is 10.9. The Bertz CT molecular complexity index is 646. The summed E-state index contributed by atoms with van der Waals surface area (Å²) in [7, 11) is 1.73. The molecule has 1 aliphatic carbocycles. The maximum atomic E-state index is 12.2. The highest BCUT2D eigenvalue weighted by Crippen LogP contribution is 2.34. The van der Waals surface area contributed by atoms with E-state index in [1.54, 1.807) is 16.2 Å². The number of aryl methyl sites for hydroxylation is 2. The smallest absolute Gasteiger partial charge is 0.232 e. The number of amides is 1. The van der Waals surface area contributed by atoms with E-state index >= 15 is 0 Å². The van der Waals surface area contributed by atoms with E-state index in [0.717, 1.165) is 30.1 Å². The van der Waals surface area contributed by atoms with Gasteiger partial charge in [0.15, 0.2) is 5.13 Å². The number of aromatic nitrogens is 1. The molecule has 122 valence electrons. The summed E-state index contributed by atoms with van der Waals surface area (Å²) in [6, 6.07) is 0. The zero-order valence-corrected chi connectivity index (χ0v) is 14.6. The summed E-state index contributed by atoms with van der Waals surface area (Å²) in [5.41, 5.74) is 1.13. The van der Waals surface area contributed by atoms with Gasteiger partial charge in [0.2, 0.25) is 15.0 Å². The van der Waals surface area contributed by atoms with Gasteiger partial charge in [0.25, 0.3) is 0 Å². The molecule has 1 amide bonds. The first-order valence-electron chi connectivity index (χ1n) is 7.63. The minimum absolute atomic E-state index is 0.0490. The van der Waals surface area contributed by atoms with Crippen LogP contribution in [-0.2, 0) is 26.7 Å². The van der Waals surface area contributed by atoms with E-state index in [-0.39, 0.29) is 24.0 Å². The van der Waals surface area contributed by atoms with Crippen molar-refractivity contribution in [2.75, 3.05) is 17.2 Å². The van der Waals surface area contributed by atoms with Crippen molar-refractivity contribution in [3.8, 4) is 0 Å². The molecule has 2 aliphatic rings. The Morgan fingerprint density at radius 3 is 2.68 bits per heavy atom. The quantitative estimate of drug-likeness (QED) is 0.775. The van der Waals surface area contributed by atoms with Crippen LogP contribution in [0.15, 0.2) is 0 Å². The third kappa shape index (κ3) is 3.81. The van der Waals surface area contributed by atoms with Crippen LogP contribution in [0.25, 0.3) is 0 Å². The van der Waals surface area contributed by atoms with Crippen molar-refractivity contribution in [2.24, 2.45) is 5.92 Å². The molecule has 1 saturated heterocycles. The van der Waals surface area contributed by atoms with Gasteiger partial charge in [-0.3, -0.25) is 9.69 Å². The number of rotatable bonds is 3. The fourth-order valence-corrected chi connectivity index (χ4v) is 5.66. The summed E-state index contributed by atoms with van der Waals surface area (Å²) < 4.78 is 22.4. The van der Waals surface area contributed by atoms with Crippen LogP contribution in [0.2, 0.25) is 0 Å². The van der Waals surface area contributed by atoms with Crippen molar-refractivity contribution < 1.29 is 13.2 Å². The van der Waals surface area contributed by atoms with Crippen LogP contribution in [0.1, 0.15) is 42.7 Å². The summed E-state index contributed by atoms with van der Waals surface area (Å²) in [5.74, 6) is -0.435. The van der Waals surface area contributed by atoms with Gasteiger partial charge >= 0.3 is 0 Å². The number of hydrogen-bond donors (Lipinski definition) is 0. The van der Waals surface area contributed by atoms with E-state index in [0.29, 0.717) is 6.54 Å². The van der Waals surface area contributed by atoms with Crippen LogP contribution in [-0.4, -0.2) is 31.6 Å². The molecule has 0 spiro atoms. The van der Waals surface area contributed by atoms with Crippen molar-refractivity contribution in [2.45, 2.75) is 44.9 Å². The largest absolute Gasteiger partial charge is 0.288 e. The Morgan fingerprint density at radius 1 is 1.23 bits per heavy atom. The molecule has 0 radical (unpaired) electrons. The summed E-state index contributed by atoms with van der Waals surface area (Å²) in [4.78, 5) is 19.8. The monoisotopic (exact) mass is 362 g/mol. The molecule has 8 heteroatoms. The predicted octanol–water partition coefficient (Wildman–Crippen LogP) is 2.72. The number of hydrogen-bond acceptors (Lipinski definition) is 5. The predicted molar refractivity (Wildman–Crippen MR) is 88.1 cm³/mol. The molecular formula is C14H19ClN2O3S2. The molecule has 22 heavy (non-hydrogen) atoms. The minimum atomic E-state index is -3.57. The molecule has 1 aromatic rings. The van der Waals surface area contributed by atoms with Crippen molar-refractivity contribution in [3.63, 3.8) is 0 Å². The number of thiazole rings is 1. The van der Waals surface area contributed by atoms with Crippen LogP contribution >= 0.6 is 22.0 Å². The van der Waals surface area contributed by atoms with Crippen molar-refractivity contribution in [3.05, 3.63) is 10.6 Å². The second-order valence-electron chi connectivity index (χ2n) is 6.06. The topological polar surface area (TPSA) is 67.3 Å². The maximum absolute atomic E-state index is 12.2. The van der Waals surface area contributed by atoms with Gasteiger partial charge in [-0.15, -0.1) is 11.3 Å². The number of carbonyl (C=O) groups is 1. The average molecular weight is 363 g/mol. The molecule has 2 heterocycles. The Hall–Kier alpha value is -0.660. The standard InChI is InChI=1S/C14H19ClN2O3S2/c15-22(19,20)9-10-7-13(18)17(8-10)14-16-11-5-3-1-2-4-6-12(11)21-14/h10H,1-9H2. The molecule has 5 nitrogen and oxygen atoms in total. The van der Waals surface area contributed by atoms with E-state index in [1.807, 2.05) is 0 Å². The van der Waals surface area contributed by atoms with E-state index in [1.165, 1.54) is 24.1 Å². The van der Waals surface area contributed by atoms with E-state index in [4.69, 9.17) is 10.7 Å². The first kappa shape index (κ1) is 16.2. The number of nitrogens with zero attached hydrogens (tertiary/aromatic N) is 2. The fourth-order valence-electron chi connectivity index (χ4n) is 3.17. The highest BCUT2D eigenvalue weighted by molar-refractivity contribution is 8.13. The van der Waals surface area contributed by atoms with E-state index in [2.05, 4.69) is 4.98 Å². The molecule has 1 aliphatic heterocycles. The van der Waals surface area contributed by atoms with Gasteiger partial charge < -0.3 is 0 Å². The lowest BCUT2D eigenvalue weighted by Crippen LogP contribution is -2.25. The van der Waals surface area contributed by atoms with Crippen LogP contribution in [0.5, 0.6) is 0 Å². The van der Waals surface area contributed by atoms with Gasteiger partial charge in [-0.05, 0) is 25.7 Å². The van der Waals surface area contributed by atoms with E-state index in [9.17, 15) is 13.2 Å². The molecule has 0 bridgehead atoms. The van der Waals surface area contributed by atoms with Crippen LogP contribution in [0.3, 0.4) is 0 Å². The van der Waals surface area contributed by atoms with Gasteiger partial charge in [0, 0.05) is 34.4 Å². The lowest BCUT2D eigenvalue weighted by molar-refractivity contribution is -0.117. The number of halogens is 1. The summed E-state index contributed by atoms with van der Waals surface area (Å²) in [5, 5.41) is 0.728. The molecule has 1 unspecified atom stereocenters. The lowest BCUT2D eigenvalue weighted by Gasteiger charge is -2.12. The van der Waals surface area contributed by atoms with Gasteiger partial charge in [-0.2, -0.15) is 0 Å². The summed E-state index contributed by atoms with van der Waals surface area (Å²) in [6.07, 6.45) is 7.07. The molecule has 3 rings (SSSR count). The van der Waals surface area contributed by atoms with Gasteiger partial charge in [0.05, 0.1) is 11.4 Å². The Balaban J connectivity index is 1.76. The van der Waals surface area contributed by atoms with Gasteiger partial charge in [0.1, 0.15) is 0 Å². The fraction of sp³-hybridized carbons (Fsp3) is 0.714. The molecule has 0 aromatic carbocycles. The Kier molecular flexibility index (Phi) is 4.75. The molecule has 1 atom stereocenters. The van der Waals surface area contributed by atoms with Crippen molar-refractivity contribution >= 4 is 42.1 Å². The summed E-state index contributed by atoms with van der Waals surface area (Å²) in [6.45, 7) is 0.400. The van der Waals surface area contributed by atoms with Gasteiger partial charge in [-0.25, -0.2) is 13.4 Å².